The van der Waals surface area contributed by atoms with Gasteiger partial charge in [0.1, 0.15) is 0 Å². The molecule has 2 aromatic carbocycles. The van der Waals surface area contributed by atoms with E-state index < -0.39 is 0 Å². The Morgan fingerprint density at radius 1 is 1.10 bits per heavy atom. The van der Waals surface area contributed by atoms with Gasteiger partial charge in [-0.2, -0.15) is 5.10 Å². The minimum atomic E-state index is 0.888. The molecule has 1 heterocycles. The lowest BCUT2D eigenvalue weighted by Crippen LogP contribution is -2.08. The summed E-state index contributed by atoms with van der Waals surface area (Å²) in [6, 6.07) is 16.2. The molecule has 1 aromatic heterocycles. The number of halogens is 1. The average molecular weight is 346 g/mol. The van der Waals surface area contributed by atoms with Crippen molar-refractivity contribution in [3.63, 3.8) is 0 Å². The number of fused-ring (bicyclic) bond motifs is 1. The van der Waals surface area contributed by atoms with Crippen LogP contribution in [0.1, 0.15) is 5.56 Å². The summed E-state index contributed by atoms with van der Waals surface area (Å²) in [7, 11) is 2.01. The highest BCUT2D eigenvalue weighted by molar-refractivity contribution is 9.10. The lowest BCUT2D eigenvalue weighted by atomic mass is 10.2. The maximum atomic E-state index is 4.30. The Balaban J connectivity index is 1.94. The van der Waals surface area contributed by atoms with Crippen molar-refractivity contribution in [1.82, 2.24) is 4.57 Å². The normalized spacial score (nSPS) is 12.6. The Bertz CT molecular complexity index is 828. The lowest BCUT2D eigenvalue weighted by molar-refractivity contribution is 0.889. The van der Waals surface area contributed by atoms with E-state index in [-0.39, 0.29) is 0 Å². The van der Waals surface area contributed by atoms with Gasteiger partial charge in [0.25, 0.3) is 0 Å². The van der Waals surface area contributed by atoms with Gasteiger partial charge < -0.3 is 4.57 Å². The second-order valence-corrected chi connectivity index (χ2v) is 6.23. The highest BCUT2D eigenvalue weighted by Gasteiger charge is 2.00. The van der Waals surface area contributed by atoms with Gasteiger partial charge >= 0.3 is 0 Å². The van der Waals surface area contributed by atoms with Crippen LogP contribution in [0.25, 0.3) is 10.2 Å². The monoisotopic (exact) mass is 345 g/mol. The third-order valence-corrected chi connectivity index (χ3v) is 4.57. The molecule has 0 atom stereocenters. The summed E-state index contributed by atoms with van der Waals surface area (Å²) in [6.07, 6.45) is 1.76. The lowest BCUT2D eigenvalue weighted by Gasteiger charge is -1.93. The first-order valence-electron chi connectivity index (χ1n) is 6.11. The first-order chi connectivity index (χ1) is 9.74. The van der Waals surface area contributed by atoms with Gasteiger partial charge in [-0.1, -0.05) is 51.5 Å². The largest absolute Gasteiger partial charge is 0.318 e. The quantitative estimate of drug-likeness (QED) is 0.497. The van der Waals surface area contributed by atoms with Crippen LogP contribution in [0.2, 0.25) is 0 Å². The van der Waals surface area contributed by atoms with Crippen LogP contribution in [-0.4, -0.2) is 10.8 Å². The van der Waals surface area contributed by atoms with Crippen LogP contribution in [0.5, 0.6) is 0 Å². The van der Waals surface area contributed by atoms with Gasteiger partial charge in [0, 0.05) is 11.5 Å². The summed E-state index contributed by atoms with van der Waals surface area (Å²) >= 11 is 5.05. The van der Waals surface area contributed by atoms with Crippen LogP contribution in [0, 0.1) is 0 Å². The van der Waals surface area contributed by atoms with Crippen LogP contribution in [0.4, 0.5) is 0 Å². The maximum absolute atomic E-state index is 4.30. The maximum Gasteiger partial charge on any atom is 0.211 e. The fraction of sp³-hybridized carbons (Fsp3) is 0.0667. The molecule has 0 amide bonds. The smallest absolute Gasteiger partial charge is 0.211 e. The second kappa shape index (κ2) is 5.73. The first-order valence-corrected chi connectivity index (χ1v) is 7.72. The van der Waals surface area contributed by atoms with E-state index >= 15 is 0 Å². The van der Waals surface area contributed by atoms with Crippen molar-refractivity contribution in [2.45, 2.75) is 0 Å². The van der Waals surface area contributed by atoms with E-state index in [0.717, 1.165) is 14.8 Å². The van der Waals surface area contributed by atoms with Gasteiger partial charge in [0.2, 0.25) is 4.80 Å². The topological polar surface area (TPSA) is 29.6 Å². The predicted octanol–water partition coefficient (Wildman–Crippen LogP) is 3.94. The van der Waals surface area contributed by atoms with E-state index in [1.165, 1.54) is 10.2 Å². The van der Waals surface area contributed by atoms with Crippen LogP contribution >= 0.6 is 27.3 Å². The third kappa shape index (κ3) is 2.73. The van der Waals surface area contributed by atoms with E-state index in [0.29, 0.717) is 0 Å². The van der Waals surface area contributed by atoms with Gasteiger partial charge in [-0.05, 0) is 29.8 Å². The Labute approximate surface area is 129 Å². The van der Waals surface area contributed by atoms with Crippen LogP contribution < -0.4 is 4.80 Å². The fourth-order valence-corrected chi connectivity index (χ4v) is 3.11. The summed E-state index contributed by atoms with van der Waals surface area (Å²) in [5, 5.41) is 8.47. The molecule has 0 N–H and O–H groups in total. The van der Waals surface area contributed by atoms with E-state index in [9.17, 15) is 0 Å². The number of benzene rings is 2. The summed E-state index contributed by atoms with van der Waals surface area (Å²) in [5.41, 5.74) is 2.20. The van der Waals surface area contributed by atoms with Crippen LogP contribution in [0.3, 0.4) is 0 Å². The van der Waals surface area contributed by atoms with Crippen LogP contribution in [-0.2, 0) is 7.05 Å². The van der Waals surface area contributed by atoms with Gasteiger partial charge in [0.15, 0.2) is 0 Å². The Morgan fingerprint density at radius 3 is 2.60 bits per heavy atom. The number of thiazole rings is 1. The standard InChI is InChI=1S/C15H12BrN3S/c1-19-13-4-2-3-5-14(13)20-15(19)18-17-10-11-6-8-12(16)9-7-11/h2-10H,1H3/b17-10-,18-15-. The van der Waals surface area contributed by atoms with Crippen molar-refractivity contribution in [3.8, 4) is 0 Å². The Hall–Kier alpha value is -1.72. The van der Waals surface area contributed by atoms with Gasteiger partial charge in [-0.3, -0.25) is 0 Å². The van der Waals surface area contributed by atoms with E-state index in [1.54, 1.807) is 17.6 Å². The molecule has 0 bridgehead atoms. The van der Waals surface area contributed by atoms with E-state index in [2.05, 4.69) is 42.8 Å². The summed E-state index contributed by atoms with van der Waals surface area (Å²) < 4.78 is 4.33. The molecule has 0 aliphatic carbocycles. The van der Waals surface area contributed by atoms with Gasteiger partial charge in [-0.25, -0.2) is 0 Å². The SMILES string of the molecule is Cn1/c(=N/N=C\c2ccc(Br)cc2)sc2ccccc21. The molecular weight excluding hydrogens is 334 g/mol. The molecule has 0 fully saturated rings. The van der Waals surface area contributed by atoms with Crippen molar-refractivity contribution in [1.29, 1.82) is 0 Å². The average Bonchev–Trinajstić information content (AvgIpc) is 2.78. The molecule has 0 radical (unpaired) electrons. The molecule has 0 saturated heterocycles. The van der Waals surface area contributed by atoms with Crippen molar-refractivity contribution in [2.75, 3.05) is 0 Å². The number of aryl methyl sites for hydroxylation is 1. The molecule has 20 heavy (non-hydrogen) atoms. The summed E-state index contributed by atoms with van der Waals surface area (Å²) in [4.78, 5) is 0.888. The van der Waals surface area contributed by atoms with E-state index in [1.807, 2.05) is 43.4 Å². The highest BCUT2D eigenvalue weighted by atomic mass is 79.9. The zero-order valence-electron chi connectivity index (χ0n) is 10.8. The molecule has 0 aliphatic heterocycles. The molecule has 0 saturated carbocycles. The summed E-state index contributed by atoms with van der Waals surface area (Å²) in [5.74, 6) is 0. The van der Waals surface area contributed by atoms with Crippen molar-refractivity contribution in [3.05, 3.63) is 63.4 Å². The molecular formula is C15H12BrN3S. The molecule has 3 rings (SSSR count). The van der Waals surface area contributed by atoms with Gasteiger partial charge in [-0.15, -0.1) is 5.10 Å². The van der Waals surface area contributed by atoms with Crippen molar-refractivity contribution >= 4 is 43.7 Å². The zero-order chi connectivity index (χ0) is 13.9. The number of hydrogen-bond donors (Lipinski definition) is 0. The van der Waals surface area contributed by atoms with Crippen molar-refractivity contribution < 1.29 is 0 Å². The number of rotatable bonds is 2. The zero-order valence-corrected chi connectivity index (χ0v) is 13.2. The van der Waals surface area contributed by atoms with Gasteiger partial charge in [0.05, 0.1) is 16.4 Å². The summed E-state index contributed by atoms with van der Waals surface area (Å²) in [6.45, 7) is 0. The second-order valence-electron chi connectivity index (χ2n) is 4.31. The Kier molecular flexibility index (Phi) is 3.80. The number of hydrogen-bond acceptors (Lipinski definition) is 3. The molecule has 5 heteroatoms. The first kappa shape index (κ1) is 13.3. The minimum Gasteiger partial charge on any atom is -0.318 e. The number of nitrogens with zero attached hydrogens (tertiary/aromatic N) is 3. The molecule has 3 nitrogen and oxygen atoms in total. The molecule has 0 unspecified atom stereocenters. The molecule has 3 aromatic rings. The minimum absolute atomic E-state index is 0.888. The molecule has 100 valence electrons. The Morgan fingerprint density at radius 2 is 1.85 bits per heavy atom. The predicted molar refractivity (Wildman–Crippen MR) is 88.1 cm³/mol. The van der Waals surface area contributed by atoms with Crippen LogP contribution in [0.15, 0.2) is 63.2 Å². The van der Waals surface area contributed by atoms with Crippen molar-refractivity contribution in [2.24, 2.45) is 17.3 Å². The highest BCUT2D eigenvalue weighted by Crippen LogP contribution is 2.15. The van der Waals surface area contributed by atoms with E-state index in [4.69, 9.17) is 0 Å². The number of para-hydroxylation sites is 1. The third-order valence-electron chi connectivity index (χ3n) is 2.93. The number of aromatic nitrogens is 1. The fourth-order valence-electron chi connectivity index (χ4n) is 1.87. The molecule has 0 spiro atoms. The molecule has 0 aliphatic rings.